The van der Waals surface area contributed by atoms with E-state index in [-0.39, 0.29) is 18.7 Å². The molecule has 0 aromatic heterocycles. The van der Waals surface area contributed by atoms with Crippen molar-refractivity contribution < 1.29 is 26.3 Å². The maximum absolute atomic E-state index is 15.2. The fourth-order valence-electron chi connectivity index (χ4n) is 4.25. The second-order valence-corrected chi connectivity index (χ2v) is 8.70. The Hall–Kier alpha value is -3.28. The van der Waals surface area contributed by atoms with Crippen LogP contribution >= 0.6 is 0 Å². The lowest BCUT2D eigenvalue weighted by atomic mass is 9.96. The molecule has 0 heterocycles. The highest BCUT2D eigenvalue weighted by atomic mass is 19.4. The Morgan fingerprint density at radius 2 is 1.40 bits per heavy atom. The molecule has 0 aliphatic heterocycles. The Morgan fingerprint density at radius 1 is 0.686 bits per heavy atom. The molecule has 0 fully saturated rings. The van der Waals surface area contributed by atoms with E-state index < -0.39 is 23.4 Å². The summed E-state index contributed by atoms with van der Waals surface area (Å²) in [6.45, 7) is 2.08. The summed E-state index contributed by atoms with van der Waals surface area (Å²) in [5.41, 5.74) is 1.43. The zero-order valence-electron chi connectivity index (χ0n) is 19.2. The summed E-state index contributed by atoms with van der Waals surface area (Å²) in [5.74, 6) is -2.11. The average molecular weight is 486 g/mol. The van der Waals surface area contributed by atoms with Crippen molar-refractivity contribution >= 4 is 10.8 Å². The Bertz CT molecular complexity index is 1350. The summed E-state index contributed by atoms with van der Waals surface area (Å²) in [5, 5.41) is 0.976. The first-order valence-electron chi connectivity index (χ1n) is 11.5. The van der Waals surface area contributed by atoms with Gasteiger partial charge in [-0.3, -0.25) is 0 Å². The van der Waals surface area contributed by atoms with E-state index in [0.29, 0.717) is 39.1 Å². The highest BCUT2D eigenvalue weighted by molar-refractivity contribution is 5.88. The van der Waals surface area contributed by atoms with Crippen LogP contribution in [-0.4, -0.2) is 0 Å². The molecule has 0 unspecified atom stereocenters. The van der Waals surface area contributed by atoms with Gasteiger partial charge in [-0.2, -0.15) is 13.2 Å². The molecule has 0 amide bonds. The molecule has 0 saturated carbocycles. The third-order valence-electron chi connectivity index (χ3n) is 6.22. The van der Waals surface area contributed by atoms with Crippen LogP contribution in [0.15, 0.2) is 66.7 Å². The predicted molar refractivity (Wildman–Crippen MR) is 127 cm³/mol. The van der Waals surface area contributed by atoms with E-state index in [1.165, 1.54) is 6.07 Å². The maximum atomic E-state index is 15.2. The Kier molecular flexibility index (Phi) is 7.20. The quantitative estimate of drug-likeness (QED) is 0.229. The molecule has 4 aromatic rings. The Morgan fingerprint density at radius 3 is 2.09 bits per heavy atom. The van der Waals surface area contributed by atoms with Gasteiger partial charge in [0.1, 0.15) is 17.5 Å². The van der Waals surface area contributed by atoms with E-state index in [4.69, 9.17) is 0 Å². The third-order valence-corrected chi connectivity index (χ3v) is 6.22. The van der Waals surface area contributed by atoms with E-state index in [1.54, 1.807) is 42.5 Å². The second-order valence-electron chi connectivity index (χ2n) is 8.70. The van der Waals surface area contributed by atoms with Gasteiger partial charge in [-0.05, 0) is 77.6 Å². The lowest BCUT2D eigenvalue weighted by molar-refractivity contribution is -0.140. The lowest BCUT2D eigenvalue weighted by Gasteiger charge is -2.11. The van der Waals surface area contributed by atoms with E-state index in [1.807, 2.05) is 6.07 Å². The van der Waals surface area contributed by atoms with Gasteiger partial charge in [-0.15, -0.1) is 0 Å². The van der Waals surface area contributed by atoms with Crippen LogP contribution in [-0.2, 0) is 25.4 Å². The molecule has 0 bridgehead atoms. The van der Waals surface area contributed by atoms with Gasteiger partial charge in [0.2, 0.25) is 0 Å². The predicted octanol–water partition coefficient (Wildman–Crippen LogP) is 9.07. The summed E-state index contributed by atoms with van der Waals surface area (Å²) >= 11 is 0. The fraction of sp³-hybridized carbons (Fsp3) is 0.241. The van der Waals surface area contributed by atoms with Crippen molar-refractivity contribution in [3.8, 4) is 11.1 Å². The van der Waals surface area contributed by atoms with Crippen molar-refractivity contribution in [1.29, 1.82) is 0 Å². The number of unbranched alkanes of at least 4 members (excludes halogenated alkanes) is 1. The molecule has 4 aromatic carbocycles. The Balaban J connectivity index is 1.54. The molecule has 182 valence electrons. The van der Waals surface area contributed by atoms with Crippen molar-refractivity contribution in [3.63, 3.8) is 0 Å². The minimum Gasteiger partial charge on any atom is -0.206 e. The Labute approximate surface area is 200 Å². The highest BCUT2D eigenvalue weighted by Gasteiger charge is 2.33. The zero-order valence-corrected chi connectivity index (χ0v) is 19.2. The van der Waals surface area contributed by atoms with Gasteiger partial charge in [-0.25, -0.2) is 13.2 Å². The minimum atomic E-state index is -4.76. The molecule has 0 aliphatic rings. The molecule has 0 nitrogen and oxygen atoms in total. The molecular formula is C29H24F6. The molecule has 0 spiro atoms. The van der Waals surface area contributed by atoms with Gasteiger partial charge in [-0.1, -0.05) is 55.8 Å². The first-order valence-corrected chi connectivity index (χ1v) is 11.5. The number of halogens is 6. The zero-order chi connectivity index (χ0) is 25.2. The highest BCUT2D eigenvalue weighted by Crippen LogP contribution is 2.33. The van der Waals surface area contributed by atoms with E-state index in [2.05, 4.69) is 6.92 Å². The molecule has 0 radical (unpaired) electrons. The van der Waals surface area contributed by atoms with Crippen LogP contribution in [0.4, 0.5) is 26.3 Å². The number of hydrogen-bond acceptors (Lipinski definition) is 0. The smallest absolute Gasteiger partial charge is 0.206 e. The standard InChI is InChI=1S/C29H24F6/c1-2-3-4-18-6-12-23(26(30)15-18)21-11-13-24-22(17-21)10-9-20(28(24)32)8-5-19-7-14-25(27(31)16-19)29(33,34)35/h6-7,9-17H,2-5,8H2,1H3. The van der Waals surface area contributed by atoms with Crippen LogP contribution < -0.4 is 0 Å². The van der Waals surface area contributed by atoms with E-state index >= 15 is 4.39 Å². The topological polar surface area (TPSA) is 0 Å². The molecular weight excluding hydrogens is 462 g/mol. The van der Waals surface area contributed by atoms with Gasteiger partial charge in [0.15, 0.2) is 0 Å². The van der Waals surface area contributed by atoms with Crippen molar-refractivity contribution in [2.75, 3.05) is 0 Å². The van der Waals surface area contributed by atoms with Gasteiger partial charge < -0.3 is 0 Å². The van der Waals surface area contributed by atoms with Gasteiger partial charge >= 0.3 is 6.18 Å². The van der Waals surface area contributed by atoms with Crippen molar-refractivity contribution in [1.82, 2.24) is 0 Å². The van der Waals surface area contributed by atoms with Gasteiger partial charge in [0.25, 0.3) is 0 Å². The molecule has 0 N–H and O–H groups in total. The first-order chi connectivity index (χ1) is 16.7. The van der Waals surface area contributed by atoms with Crippen LogP contribution in [0.1, 0.15) is 42.0 Å². The molecule has 35 heavy (non-hydrogen) atoms. The summed E-state index contributed by atoms with van der Waals surface area (Å²) < 4.78 is 81.9. The van der Waals surface area contributed by atoms with E-state index in [0.717, 1.165) is 30.9 Å². The lowest BCUT2D eigenvalue weighted by Crippen LogP contribution is -2.08. The van der Waals surface area contributed by atoms with Crippen molar-refractivity contribution in [2.45, 2.75) is 45.2 Å². The largest absolute Gasteiger partial charge is 0.419 e. The van der Waals surface area contributed by atoms with Crippen LogP contribution in [0, 0.1) is 17.5 Å². The molecule has 4 rings (SSSR count). The second kappa shape index (κ2) is 10.1. The number of aryl methyl sites for hydroxylation is 3. The van der Waals surface area contributed by atoms with Gasteiger partial charge in [0, 0.05) is 10.9 Å². The number of rotatable bonds is 7. The first kappa shape index (κ1) is 24.8. The summed E-state index contributed by atoms with van der Waals surface area (Å²) in [6.07, 6.45) is -1.54. The molecule has 0 aliphatic carbocycles. The summed E-state index contributed by atoms with van der Waals surface area (Å²) in [7, 11) is 0. The summed E-state index contributed by atoms with van der Waals surface area (Å²) in [6, 6.07) is 16.3. The average Bonchev–Trinajstić information content (AvgIpc) is 2.81. The van der Waals surface area contributed by atoms with Crippen molar-refractivity contribution in [2.24, 2.45) is 0 Å². The molecule has 6 heteroatoms. The number of fused-ring (bicyclic) bond motifs is 1. The van der Waals surface area contributed by atoms with Crippen LogP contribution in [0.2, 0.25) is 0 Å². The van der Waals surface area contributed by atoms with Crippen LogP contribution in [0.5, 0.6) is 0 Å². The third kappa shape index (κ3) is 5.53. The maximum Gasteiger partial charge on any atom is 0.419 e. The number of benzene rings is 4. The van der Waals surface area contributed by atoms with Crippen molar-refractivity contribution in [3.05, 3.63) is 106 Å². The summed E-state index contributed by atoms with van der Waals surface area (Å²) in [4.78, 5) is 0. The fourth-order valence-corrected chi connectivity index (χ4v) is 4.25. The SMILES string of the molecule is CCCCc1ccc(-c2ccc3c(F)c(CCc4ccc(C(F)(F)F)c(F)c4)ccc3c2)c(F)c1. The van der Waals surface area contributed by atoms with E-state index in [9.17, 15) is 22.0 Å². The normalized spacial score (nSPS) is 11.9. The molecule has 0 atom stereocenters. The monoisotopic (exact) mass is 486 g/mol. The number of alkyl halides is 3. The van der Waals surface area contributed by atoms with Gasteiger partial charge in [0.05, 0.1) is 5.56 Å². The molecule has 0 saturated heterocycles. The van der Waals surface area contributed by atoms with Crippen LogP contribution in [0.25, 0.3) is 21.9 Å². The van der Waals surface area contributed by atoms with Crippen LogP contribution in [0.3, 0.4) is 0 Å². The number of hydrogen-bond donors (Lipinski definition) is 0. The minimum absolute atomic E-state index is 0.186.